The van der Waals surface area contributed by atoms with E-state index in [2.05, 4.69) is 20.5 Å². The molecule has 0 bridgehead atoms. The summed E-state index contributed by atoms with van der Waals surface area (Å²) in [6, 6.07) is 7.13. The Morgan fingerprint density at radius 2 is 2.00 bits per heavy atom. The summed E-state index contributed by atoms with van der Waals surface area (Å²) >= 11 is 5.88. The minimum Gasteiger partial charge on any atom is -0.324 e. The number of nitrogens with one attached hydrogen (secondary N) is 2. The Morgan fingerprint density at radius 3 is 2.58 bits per heavy atom. The summed E-state index contributed by atoms with van der Waals surface area (Å²) in [6.45, 7) is 5.74. The number of hydrogen-bond acceptors (Lipinski definition) is 4. The second-order valence-electron chi connectivity index (χ2n) is 5.24. The van der Waals surface area contributed by atoms with Crippen LogP contribution in [0, 0.1) is 0 Å². The maximum Gasteiger partial charge on any atom is 0.274 e. The van der Waals surface area contributed by atoms with Crippen LogP contribution in [-0.2, 0) is 5.41 Å². The van der Waals surface area contributed by atoms with Crippen LogP contribution in [-0.4, -0.2) is 15.2 Å². The maximum absolute atomic E-state index is 11.9. The number of nitrogens with zero attached hydrogens (tertiary/aromatic N) is 2. The number of aromatic nitrogens is 3. The topological polar surface area (TPSA) is 70.7 Å². The van der Waals surface area contributed by atoms with Crippen LogP contribution in [0.1, 0.15) is 26.5 Å². The van der Waals surface area contributed by atoms with Crippen molar-refractivity contribution in [3.8, 4) is 0 Å². The minimum atomic E-state index is -0.338. The maximum atomic E-state index is 11.9. The quantitative estimate of drug-likeness (QED) is 0.886. The number of benzene rings is 1. The highest BCUT2D eigenvalue weighted by molar-refractivity contribution is 6.30. The predicted molar refractivity (Wildman–Crippen MR) is 76.1 cm³/mol. The van der Waals surface area contributed by atoms with Crippen molar-refractivity contribution >= 4 is 23.2 Å². The monoisotopic (exact) mass is 278 g/mol. The third kappa shape index (κ3) is 3.32. The molecule has 0 amide bonds. The van der Waals surface area contributed by atoms with E-state index in [0.717, 1.165) is 5.69 Å². The highest BCUT2D eigenvalue weighted by atomic mass is 35.5. The Morgan fingerprint density at radius 1 is 1.26 bits per heavy atom. The first-order valence-corrected chi connectivity index (χ1v) is 6.24. The van der Waals surface area contributed by atoms with Crippen LogP contribution in [0.2, 0.25) is 5.02 Å². The third-order valence-electron chi connectivity index (χ3n) is 2.49. The van der Waals surface area contributed by atoms with E-state index in [-0.39, 0.29) is 11.0 Å². The van der Waals surface area contributed by atoms with Gasteiger partial charge >= 0.3 is 0 Å². The zero-order valence-electron chi connectivity index (χ0n) is 11.0. The van der Waals surface area contributed by atoms with Crippen molar-refractivity contribution in [1.29, 1.82) is 0 Å². The molecular weight excluding hydrogens is 264 g/mol. The average Bonchev–Trinajstić information content (AvgIpc) is 2.27. The molecule has 6 heteroatoms. The van der Waals surface area contributed by atoms with E-state index in [1.165, 1.54) is 0 Å². The second-order valence-corrected chi connectivity index (χ2v) is 5.67. The molecular formula is C13H15ClN4O. The van der Waals surface area contributed by atoms with Crippen LogP contribution in [0.3, 0.4) is 0 Å². The smallest absolute Gasteiger partial charge is 0.274 e. The van der Waals surface area contributed by atoms with Gasteiger partial charge in [-0.1, -0.05) is 38.4 Å². The highest BCUT2D eigenvalue weighted by Gasteiger charge is 2.20. The van der Waals surface area contributed by atoms with Gasteiger partial charge in [0, 0.05) is 16.1 Å². The van der Waals surface area contributed by atoms with E-state index in [9.17, 15) is 4.79 Å². The molecule has 2 N–H and O–H groups in total. The Balaban J connectivity index is 2.29. The number of halogens is 1. The zero-order valence-corrected chi connectivity index (χ0v) is 11.7. The fourth-order valence-corrected chi connectivity index (χ4v) is 1.78. The van der Waals surface area contributed by atoms with Gasteiger partial charge in [0.15, 0.2) is 0 Å². The lowest BCUT2D eigenvalue weighted by Crippen LogP contribution is -2.28. The molecule has 0 atom stereocenters. The van der Waals surface area contributed by atoms with Gasteiger partial charge in [0.1, 0.15) is 5.69 Å². The predicted octanol–water partition coefficient (Wildman–Crippen LogP) is 2.86. The van der Waals surface area contributed by atoms with E-state index in [1.807, 2.05) is 26.8 Å². The molecule has 1 heterocycles. The average molecular weight is 279 g/mol. The molecule has 2 aromatic rings. The molecule has 19 heavy (non-hydrogen) atoms. The Kier molecular flexibility index (Phi) is 3.57. The molecule has 0 fully saturated rings. The van der Waals surface area contributed by atoms with Gasteiger partial charge in [-0.2, -0.15) is 0 Å². The molecule has 1 aromatic heterocycles. The van der Waals surface area contributed by atoms with Crippen LogP contribution in [0.4, 0.5) is 11.6 Å². The van der Waals surface area contributed by atoms with Gasteiger partial charge in [0.25, 0.3) is 5.56 Å². The number of rotatable bonds is 2. The minimum absolute atomic E-state index is 0.243. The first-order chi connectivity index (χ1) is 8.86. The van der Waals surface area contributed by atoms with Gasteiger partial charge in [-0.15, -0.1) is 10.2 Å². The molecule has 0 spiro atoms. The Hall–Kier alpha value is -1.88. The second kappa shape index (κ2) is 5.01. The van der Waals surface area contributed by atoms with E-state index in [4.69, 9.17) is 11.6 Å². The molecule has 0 saturated carbocycles. The zero-order chi connectivity index (χ0) is 14.0. The molecule has 1 aromatic carbocycles. The number of H-pyrrole nitrogens is 1. The van der Waals surface area contributed by atoms with Crippen molar-refractivity contribution < 1.29 is 0 Å². The van der Waals surface area contributed by atoms with Gasteiger partial charge in [-0.3, -0.25) is 9.78 Å². The number of aromatic amines is 1. The van der Waals surface area contributed by atoms with Crippen LogP contribution in [0.5, 0.6) is 0 Å². The van der Waals surface area contributed by atoms with Crippen molar-refractivity contribution in [2.24, 2.45) is 0 Å². The van der Waals surface area contributed by atoms with Crippen molar-refractivity contribution in [3.63, 3.8) is 0 Å². The molecule has 5 nitrogen and oxygen atoms in total. The first-order valence-electron chi connectivity index (χ1n) is 5.86. The van der Waals surface area contributed by atoms with Gasteiger partial charge in [0.05, 0.1) is 0 Å². The first kappa shape index (κ1) is 13.5. The molecule has 0 aliphatic rings. The molecule has 0 unspecified atom stereocenters. The van der Waals surface area contributed by atoms with E-state index < -0.39 is 0 Å². The third-order valence-corrected chi connectivity index (χ3v) is 2.73. The van der Waals surface area contributed by atoms with Crippen molar-refractivity contribution in [2.45, 2.75) is 26.2 Å². The molecule has 0 aliphatic carbocycles. The lowest BCUT2D eigenvalue weighted by molar-refractivity contribution is 0.547. The normalized spacial score (nSPS) is 11.4. The van der Waals surface area contributed by atoms with Gasteiger partial charge in [-0.05, 0) is 18.2 Å². The fourth-order valence-electron chi connectivity index (χ4n) is 1.59. The standard InChI is InChI=1S/C13H15ClN4O/c1-13(2,3)10-11(19)16-12(18-17-10)15-9-6-4-5-8(14)7-9/h4-7H,1-3H3,(H2,15,16,18,19). The Labute approximate surface area is 116 Å². The molecule has 0 saturated heterocycles. The SMILES string of the molecule is CC(C)(C)c1nnc(Nc2cccc(Cl)c2)[nH]c1=O. The summed E-state index contributed by atoms with van der Waals surface area (Å²) < 4.78 is 0. The summed E-state index contributed by atoms with van der Waals surface area (Å²) in [5.74, 6) is 0.292. The Bertz CT molecular complexity index is 646. The van der Waals surface area contributed by atoms with Crippen LogP contribution in [0.15, 0.2) is 29.1 Å². The van der Waals surface area contributed by atoms with E-state index in [1.54, 1.807) is 18.2 Å². The van der Waals surface area contributed by atoms with Gasteiger partial charge < -0.3 is 5.32 Å². The molecule has 0 radical (unpaired) electrons. The fraction of sp³-hybridized carbons (Fsp3) is 0.308. The van der Waals surface area contributed by atoms with Crippen molar-refractivity contribution in [1.82, 2.24) is 15.2 Å². The lowest BCUT2D eigenvalue weighted by atomic mass is 9.93. The van der Waals surface area contributed by atoms with Gasteiger partial charge in [0.2, 0.25) is 5.95 Å². The lowest BCUT2D eigenvalue weighted by Gasteiger charge is -2.15. The summed E-state index contributed by atoms with van der Waals surface area (Å²) in [6.07, 6.45) is 0. The molecule has 2 rings (SSSR count). The van der Waals surface area contributed by atoms with Gasteiger partial charge in [-0.25, -0.2) is 0 Å². The molecule has 100 valence electrons. The van der Waals surface area contributed by atoms with Crippen molar-refractivity contribution in [2.75, 3.05) is 5.32 Å². The summed E-state index contributed by atoms with van der Waals surface area (Å²) in [5, 5.41) is 11.5. The highest BCUT2D eigenvalue weighted by Crippen LogP contribution is 2.18. The summed E-state index contributed by atoms with van der Waals surface area (Å²) in [4.78, 5) is 14.6. The van der Waals surface area contributed by atoms with Crippen molar-refractivity contribution in [3.05, 3.63) is 45.3 Å². The van der Waals surface area contributed by atoms with Crippen LogP contribution >= 0.6 is 11.6 Å². The van der Waals surface area contributed by atoms with Crippen LogP contribution < -0.4 is 10.9 Å². The summed E-state index contributed by atoms with van der Waals surface area (Å²) in [5.41, 5.74) is 0.562. The number of anilines is 2. The van der Waals surface area contributed by atoms with Crippen LogP contribution in [0.25, 0.3) is 0 Å². The largest absolute Gasteiger partial charge is 0.324 e. The summed E-state index contributed by atoms with van der Waals surface area (Å²) in [7, 11) is 0. The van der Waals surface area contributed by atoms with E-state index >= 15 is 0 Å². The number of hydrogen-bond donors (Lipinski definition) is 2. The van der Waals surface area contributed by atoms with E-state index in [0.29, 0.717) is 16.7 Å². The molecule has 0 aliphatic heterocycles.